The molecule has 0 spiro atoms. The van der Waals surface area contributed by atoms with E-state index in [1.807, 2.05) is 24.3 Å². The molecule has 0 aliphatic carbocycles. The monoisotopic (exact) mass is 356 g/mol. The van der Waals surface area contributed by atoms with Gasteiger partial charge >= 0.3 is 5.97 Å². The molecule has 0 aromatic heterocycles. The van der Waals surface area contributed by atoms with Gasteiger partial charge in [0.15, 0.2) is 0 Å². The minimum Gasteiger partial charge on any atom is -0.459 e. The van der Waals surface area contributed by atoms with Crippen LogP contribution >= 0.6 is 11.8 Å². The number of unbranched alkanes of at least 4 members (excludes halogenated alkanes) is 1. The van der Waals surface area contributed by atoms with Crippen molar-refractivity contribution in [3.8, 4) is 0 Å². The zero-order valence-corrected chi connectivity index (χ0v) is 16.6. The van der Waals surface area contributed by atoms with E-state index in [-0.39, 0.29) is 29.4 Å². The highest BCUT2D eigenvalue weighted by Crippen LogP contribution is 2.29. The molecule has 24 heavy (non-hydrogen) atoms. The maximum atomic E-state index is 12.4. The van der Waals surface area contributed by atoms with Crippen molar-refractivity contribution >= 4 is 23.6 Å². The summed E-state index contributed by atoms with van der Waals surface area (Å²) in [5.74, 6) is 0.173. The first-order valence-corrected chi connectivity index (χ1v) is 9.72. The molecular formula is C18H32N2O3S. The van der Waals surface area contributed by atoms with Crippen molar-refractivity contribution in [3.05, 3.63) is 11.1 Å². The quantitative estimate of drug-likeness (QED) is 0.641. The van der Waals surface area contributed by atoms with Crippen LogP contribution in [0.1, 0.15) is 60.3 Å². The number of nitrogens with one attached hydrogen (secondary N) is 1. The smallest absolute Gasteiger partial charge is 0.303 e. The summed E-state index contributed by atoms with van der Waals surface area (Å²) < 4.78 is 5.58. The Hall–Kier alpha value is -1.17. The van der Waals surface area contributed by atoms with Gasteiger partial charge in [-0.05, 0) is 24.7 Å². The number of hydrogen-bond donors (Lipinski definition) is 1. The Morgan fingerprint density at radius 3 is 2.54 bits per heavy atom. The van der Waals surface area contributed by atoms with Gasteiger partial charge in [0.1, 0.15) is 11.5 Å². The highest BCUT2D eigenvalue weighted by Gasteiger charge is 2.33. The molecule has 0 aromatic carbocycles. The number of allylic oxidation sites excluding steroid dienone is 1. The zero-order chi connectivity index (χ0) is 18.3. The van der Waals surface area contributed by atoms with E-state index in [0.29, 0.717) is 18.8 Å². The second kappa shape index (κ2) is 9.97. The molecule has 6 heteroatoms. The fourth-order valence-corrected chi connectivity index (χ4v) is 3.91. The third kappa shape index (κ3) is 6.38. The first-order valence-electron chi connectivity index (χ1n) is 8.77. The molecule has 0 radical (unpaired) electrons. The van der Waals surface area contributed by atoms with E-state index in [0.717, 1.165) is 18.5 Å². The number of carbonyl (C=O) groups is 2. The lowest BCUT2D eigenvalue weighted by molar-refractivity contribution is -0.148. The van der Waals surface area contributed by atoms with Gasteiger partial charge in [0, 0.05) is 38.6 Å². The summed E-state index contributed by atoms with van der Waals surface area (Å²) in [6.07, 6.45) is 2.86. The predicted molar refractivity (Wildman–Crippen MR) is 99.4 cm³/mol. The van der Waals surface area contributed by atoms with Crippen molar-refractivity contribution in [3.63, 3.8) is 0 Å². The highest BCUT2D eigenvalue weighted by molar-refractivity contribution is 8.03. The number of amides is 1. The van der Waals surface area contributed by atoms with Crippen molar-refractivity contribution < 1.29 is 14.3 Å². The Bertz CT molecular complexity index is 465. The Kier molecular flexibility index (Phi) is 8.67. The maximum absolute atomic E-state index is 12.4. The average molecular weight is 357 g/mol. The largest absolute Gasteiger partial charge is 0.459 e. The van der Waals surface area contributed by atoms with Crippen LogP contribution in [0, 0.1) is 5.92 Å². The van der Waals surface area contributed by atoms with E-state index < -0.39 is 0 Å². The minimum atomic E-state index is -0.283. The summed E-state index contributed by atoms with van der Waals surface area (Å²) in [4.78, 5) is 25.8. The average Bonchev–Trinajstić information content (AvgIpc) is 2.94. The highest BCUT2D eigenvalue weighted by atomic mass is 32.2. The maximum Gasteiger partial charge on any atom is 0.303 e. The van der Waals surface area contributed by atoms with Gasteiger partial charge in [0.25, 0.3) is 0 Å². The summed E-state index contributed by atoms with van der Waals surface area (Å²) in [6, 6.07) is 0.0435. The standard InChI is InChI=1S/C18H32N2O3S/c1-7-8-9-17(22)20(6)15(12(2)3)10-16(23-14(5)21)18-19-13(4)11-24-18/h11-12,15-16,18-19H,7-10H2,1-6H3. The molecule has 0 saturated carbocycles. The van der Waals surface area contributed by atoms with E-state index in [4.69, 9.17) is 4.74 Å². The Morgan fingerprint density at radius 1 is 1.42 bits per heavy atom. The molecular weight excluding hydrogens is 324 g/mol. The lowest BCUT2D eigenvalue weighted by atomic mass is 9.95. The molecule has 5 nitrogen and oxygen atoms in total. The second-order valence-electron chi connectivity index (χ2n) is 6.81. The normalized spacial score (nSPS) is 19.5. The van der Waals surface area contributed by atoms with Crippen LogP contribution in [0.3, 0.4) is 0 Å². The fourth-order valence-electron chi connectivity index (χ4n) is 2.90. The van der Waals surface area contributed by atoms with Crippen molar-refractivity contribution in [1.82, 2.24) is 10.2 Å². The van der Waals surface area contributed by atoms with Crippen LogP contribution in [0.5, 0.6) is 0 Å². The van der Waals surface area contributed by atoms with Crippen molar-refractivity contribution in [2.24, 2.45) is 5.92 Å². The molecule has 1 amide bonds. The third-order valence-electron chi connectivity index (χ3n) is 4.29. The van der Waals surface area contributed by atoms with E-state index in [9.17, 15) is 9.59 Å². The summed E-state index contributed by atoms with van der Waals surface area (Å²) in [5.41, 5.74) is 1.08. The van der Waals surface area contributed by atoms with Crippen molar-refractivity contribution in [1.29, 1.82) is 0 Å². The van der Waals surface area contributed by atoms with Gasteiger partial charge in [-0.3, -0.25) is 9.59 Å². The van der Waals surface area contributed by atoms with Gasteiger partial charge in [-0.2, -0.15) is 0 Å². The van der Waals surface area contributed by atoms with Crippen LogP contribution in [0.15, 0.2) is 11.1 Å². The fraction of sp³-hybridized carbons (Fsp3) is 0.778. The van der Waals surface area contributed by atoms with Gasteiger partial charge < -0.3 is 15.0 Å². The number of thioether (sulfide) groups is 1. The Balaban J connectivity index is 2.80. The number of esters is 1. The lowest BCUT2D eigenvalue weighted by Crippen LogP contribution is -2.46. The first-order chi connectivity index (χ1) is 11.3. The number of ether oxygens (including phenoxy) is 1. The predicted octanol–water partition coefficient (Wildman–Crippen LogP) is 3.51. The summed E-state index contributed by atoms with van der Waals surface area (Å²) >= 11 is 1.63. The Morgan fingerprint density at radius 2 is 2.08 bits per heavy atom. The molecule has 1 aliphatic heterocycles. The van der Waals surface area contributed by atoms with Gasteiger partial charge in [0.05, 0.1) is 0 Å². The van der Waals surface area contributed by atoms with E-state index in [2.05, 4.69) is 26.1 Å². The van der Waals surface area contributed by atoms with Gasteiger partial charge in [-0.25, -0.2) is 0 Å². The van der Waals surface area contributed by atoms with Crippen LogP contribution in [0.2, 0.25) is 0 Å². The molecule has 1 aliphatic rings. The number of carbonyl (C=O) groups excluding carboxylic acids is 2. The zero-order valence-electron chi connectivity index (χ0n) is 15.8. The molecule has 3 atom stereocenters. The van der Waals surface area contributed by atoms with E-state index >= 15 is 0 Å². The van der Waals surface area contributed by atoms with Crippen molar-refractivity contribution in [2.75, 3.05) is 7.05 Å². The first kappa shape index (κ1) is 20.9. The van der Waals surface area contributed by atoms with Gasteiger partial charge in [-0.15, -0.1) is 11.8 Å². The van der Waals surface area contributed by atoms with E-state index in [1.165, 1.54) is 6.92 Å². The van der Waals surface area contributed by atoms with E-state index in [1.54, 1.807) is 11.8 Å². The molecule has 1 heterocycles. The number of hydrogen-bond acceptors (Lipinski definition) is 5. The second-order valence-corrected chi connectivity index (χ2v) is 7.82. The lowest BCUT2D eigenvalue weighted by Gasteiger charge is -2.35. The van der Waals surface area contributed by atoms with Crippen LogP contribution in [0.25, 0.3) is 0 Å². The summed E-state index contributed by atoms with van der Waals surface area (Å²) in [6.45, 7) is 9.74. The number of nitrogens with zero attached hydrogens (tertiary/aromatic N) is 1. The van der Waals surface area contributed by atoms with Crippen LogP contribution in [-0.2, 0) is 14.3 Å². The number of rotatable bonds is 9. The Labute approximate surface area is 150 Å². The summed E-state index contributed by atoms with van der Waals surface area (Å²) in [7, 11) is 1.87. The van der Waals surface area contributed by atoms with Gasteiger partial charge in [0.2, 0.25) is 5.91 Å². The molecule has 0 bridgehead atoms. The minimum absolute atomic E-state index is 0.00861. The van der Waals surface area contributed by atoms with Crippen LogP contribution < -0.4 is 5.32 Å². The van der Waals surface area contributed by atoms with Gasteiger partial charge in [-0.1, -0.05) is 27.2 Å². The molecule has 0 fully saturated rings. The molecule has 0 aromatic rings. The molecule has 138 valence electrons. The topological polar surface area (TPSA) is 58.6 Å². The third-order valence-corrected chi connectivity index (χ3v) is 5.50. The van der Waals surface area contributed by atoms with Crippen LogP contribution in [-0.4, -0.2) is 41.3 Å². The van der Waals surface area contributed by atoms with Crippen molar-refractivity contribution in [2.45, 2.75) is 77.8 Å². The SMILES string of the molecule is CCCCC(=O)N(C)C(CC(OC(C)=O)C1NC(C)=CS1)C(C)C. The van der Waals surface area contributed by atoms with Crippen LogP contribution in [0.4, 0.5) is 0 Å². The molecule has 3 unspecified atom stereocenters. The summed E-state index contributed by atoms with van der Waals surface area (Å²) in [5, 5.41) is 5.40. The molecule has 1 rings (SSSR count). The molecule has 0 saturated heterocycles. The molecule has 1 N–H and O–H groups in total.